The second-order valence-electron chi connectivity index (χ2n) is 8.92. The number of amides is 3. The number of carbonyl (C=O) groups excluding carboxylic acids is 3. The van der Waals surface area contributed by atoms with E-state index in [9.17, 15) is 24.3 Å². The zero-order valence-electron chi connectivity index (χ0n) is 19.0. The zero-order valence-corrected chi connectivity index (χ0v) is 19.0. The first-order valence-electron chi connectivity index (χ1n) is 10.8. The fraction of sp³-hybridized carbons (Fsp3) is 0.565. The number of fused-ring (bicyclic) bond motifs is 2. The van der Waals surface area contributed by atoms with E-state index in [2.05, 4.69) is 10.6 Å². The molecule has 0 saturated carbocycles. The number of nitrogens with one attached hydrogen (secondary N) is 2. The van der Waals surface area contributed by atoms with Crippen LogP contribution in [0.3, 0.4) is 0 Å². The Morgan fingerprint density at radius 3 is 2.66 bits per heavy atom. The number of likely N-dealkylation sites (N-methyl/N-ethyl adjacent to an activating group) is 1. The molecule has 0 unspecified atom stereocenters. The molecule has 1 aliphatic rings. The third kappa shape index (κ3) is 8.20. The van der Waals surface area contributed by atoms with Gasteiger partial charge in [0.25, 0.3) is 5.91 Å². The molecule has 1 aliphatic heterocycles. The van der Waals surface area contributed by atoms with E-state index < -0.39 is 23.3 Å². The topological polar surface area (TPSA) is 125 Å². The lowest BCUT2D eigenvalue weighted by molar-refractivity contribution is -0.139. The van der Waals surface area contributed by atoms with Crippen molar-refractivity contribution >= 4 is 23.7 Å². The Morgan fingerprint density at radius 2 is 1.94 bits per heavy atom. The molecule has 1 aromatic rings. The molecule has 3 amide bonds. The molecule has 1 heterocycles. The molecule has 9 heteroatoms. The van der Waals surface area contributed by atoms with Crippen molar-refractivity contribution < 1.29 is 29.0 Å². The lowest BCUT2D eigenvalue weighted by Crippen LogP contribution is -2.41. The average molecular weight is 448 g/mol. The summed E-state index contributed by atoms with van der Waals surface area (Å²) in [5.41, 5.74) is -0.203. The average Bonchev–Trinajstić information content (AvgIpc) is 2.71. The number of nitrogens with zero attached hydrogens (tertiary/aromatic N) is 1. The summed E-state index contributed by atoms with van der Waals surface area (Å²) in [6.07, 6.45) is 1.79. The summed E-state index contributed by atoms with van der Waals surface area (Å²) in [7, 11) is 1.68. The minimum atomic E-state index is -1.11. The van der Waals surface area contributed by atoms with Crippen LogP contribution < -0.4 is 15.4 Å². The number of carboxylic acid groups (broad SMARTS) is 1. The van der Waals surface area contributed by atoms with E-state index in [4.69, 9.17) is 4.74 Å². The quantitative estimate of drug-likeness (QED) is 0.603. The molecule has 9 nitrogen and oxygen atoms in total. The van der Waals surface area contributed by atoms with E-state index in [1.807, 2.05) is 13.8 Å². The largest absolute Gasteiger partial charge is 0.492 e. The number of hydrogen-bond donors (Lipinski definition) is 3. The fourth-order valence-electron chi connectivity index (χ4n) is 3.46. The molecule has 0 spiro atoms. The number of carbonyl (C=O) groups is 4. The Hall–Kier alpha value is -3.10. The van der Waals surface area contributed by atoms with Crippen LogP contribution in [0.5, 0.6) is 5.75 Å². The van der Waals surface area contributed by atoms with Gasteiger partial charge in [0.15, 0.2) is 0 Å². The highest BCUT2D eigenvalue weighted by atomic mass is 16.5. The highest BCUT2D eigenvalue weighted by molar-refractivity contribution is 5.96. The minimum absolute atomic E-state index is 0.0753. The molecule has 3 N–H and O–H groups in total. The molecular weight excluding hydrogens is 414 g/mol. The lowest BCUT2D eigenvalue weighted by Gasteiger charge is -2.26. The van der Waals surface area contributed by atoms with Gasteiger partial charge >= 0.3 is 5.97 Å². The second kappa shape index (κ2) is 11.5. The van der Waals surface area contributed by atoms with Crippen LogP contribution >= 0.6 is 0 Å². The van der Waals surface area contributed by atoms with Crippen molar-refractivity contribution in [3.8, 4) is 5.75 Å². The summed E-state index contributed by atoms with van der Waals surface area (Å²) in [5.74, 6) is -1.37. The molecular formula is C23H33N3O6. The number of hydrogen-bond acceptors (Lipinski definition) is 5. The fourth-order valence-corrected chi connectivity index (χ4v) is 3.46. The summed E-state index contributed by atoms with van der Waals surface area (Å²) in [4.78, 5) is 50.5. The Morgan fingerprint density at radius 1 is 1.19 bits per heavy atom. The summed E-state index contributed by atoms with van der Waals surface area (Å²) in [6, 6.07) is 5.47. The molecule has 0 saturated heterocycles. The molecule has 176 valence electrons. The van der Waals surface area contributed by atoms with Gasteiger partial charge in [0.2, 0.25) is 11.8 Å². The molecule has 32 heavy (non-hydrogen) atoms. The third-order valence-electron chi connectivity index (χ3n) is 5.33. The first-order chi connectivity index (χ1) is 15.1. The molecule has 0 fully saturated rings. The normalized spacial score (nSPS) is 21.7. The highest BCUT2D eigenvalue weighted by Gasteiger charge is 2.27. The van der Waals surface area contributed by atoms with Crippen LogP contribution in [-0.4, -0.2) is 66.5 Å². The maximum Gasteiger partial charge on any atom is 0.326 e. The highest BCUT2D eigenvalue weighted by Crippen LogP contribution is 2.26. The number of benzene rings is 1. The number of aliphatic carboxylic acids is 1. The van der Waals surface area contributed by atoms with Gasteiger partial charge in [0, 0.05) is 32.0 Å². The van der Waals surface area contributed by atoms with Gasteiger partial charge in [-0.1, -0.05) is 19.9 Å². The molecule has 0 radical (unpaired) electrons. The van der Waals surface area contributed by atoms with Crippen molar-refractivity contribution in [1.29, 1.82) is 0 Å². The van der Waals surface area contributed by atoms with Gasteiger partial charge in [-0.05, 0) is 42.9 Å². The van der Waals surface area contributed by atoms with Crippen LogP contribution in [0.15, 0.2) is 24.3 Å². The van der Waals surface area contributed by atoms with Gasteiger partial charge in [-0.25, -0.2) is 4.79 Å². The first kappa shape index (κ1) is 25.2. The van der Waals surface area contributed by atoms with E-state index in [1.54, 1.807) is 36.2 Å². The van der Waals surface area contributed by atoms with Gasteiger partial charge in [0.05, 0.1) is 6.54 Å². The third-order valence-corrected chi connectivity index (χ3v) is 5.33. The monoisotopic (exact) mass is 447 g/mol. The SMILES string of the molecule is CN1CCOc2cccc(c2)C(=O)N[C@H](C(=O)O)CCCCNC(=O)CC(C)(C)CC1=O. The molecule has 2 bridgehead atoms. The van der Waals surface area contributed by atoms with Gasteiger partial charge in [-0.3, -0.25) is 14.4 Å². The zero-order chi connectivity index (χ0) is 23.7. The smallest absolute Gasteiger partial charge is 0.326 e. The van der Waals surface area contributed by atoms with Crippen molar-refractivity contribution in [1.82, 2.24) is 15.5 Å². The molecule has 1 aromatic carbocycles. The molecule has 0 aromatic heterocycles. The summed E-state index contributed by atoms with van der Waals surface area (Å²) in [5, 5.41) is 14.8. The van der Waals surface area contributed by atoms with E-state index in [1.165, 1.54) is 0 Å². The number of ether oxygens (including phenoxy) is 1. The molecule has 0 aliphatic carbocycles. The summed E-state index contributed by atoms with van der Waals surface area (Å²) >= 11 is 0. The van der Waals surface area contributed by atoms with Crippen LogP contribution in [0.2, 0.25) is 0 Å². The maximum absolute atomic E-state index is 12.6. The van der Waals surface area contributed by atoms with Crippen LogP contribution in [0.4, 0.5) is 0 Å². The van der Waals surface area contributed by atoms with E-state index in [0.717, 1.165) is 0 Å². The maximum atomic E-state index is 12.6. The molecule has 1 atom stereocenters. The Kier molecular flexibility index (Phi) is 9.04. The lowest BCUT2D eigenvalue weighted by atomic mass is 9.84. The predicted octanol–water partition coefficient (Wildman–Crippen LogP) is 1.81. The second-order valence-corrected chi connectivity index (χ2v) is 8.92. The molecule has 2 rings (SSSR count). The predicted molar refractivity (Wildman–Crippen MR) is 118 cm³/mol. The number of rotatable bonds is 1. The Labute approximate surface area is 188 Å². The van der Waals surface area contributed by atoms with E-state index >= 15 is 0 Å². The van der Waals surface area contributed by atoms with Crippen LogP contribution in [0.25, 0.3) is 0 Å². The van der Waals surface area contributed by atoms with Gasteiger partial charge in [0.1, 0.15) is 18.4 Å². The van der Waals surface area contributed by atoms with Crippen molar-refractivity contribution in [2.75, 3.05) is 26.7 Å². The van der Waals surface area contributed by atoms with Gasteiger partial charge < -0.3 is 25.4 Å². The Balaban J connectivity index is 2.14. The van der Waals surface area contributed by atoms with Crippen molar-refractivity contribution in [2.45, 2.75) is 52.0 Å². The van der Waals surface area contributed by atoms with Crippen molar-refractivity contribution in [2.24, 2.45) is 5.41 Å². The van der Waals surface area contributed by atoms with E-state index in [-0.39, 0.29) is 37.7 Å². The standard InChI is InChI=1S/C23H33N3O6/c1-23(2)14-19(27)24-10-5-4-9-18(22(30)31)25-21(29)16-7-6-8-17(13-16)32-12-11-26(3)20(28)15-23/h6-8,13,18H,4-5,9-12,14-15H2,1-3H3,(H,24,27)(H,25,29)(H,30,31)/t18-/m0/s1. The van der Waals surface area contributed by atoms with Crippen LogP contribution in [0.1, 0.15) is 56.3 Å². The van der Waals surface area contributed by atoms with Crippen molar-refractivity contribution in [3.05, 3.63) is 29.8 Å². The van der Waals surface area contributed by atoms with Crippen LogP contribution in [0, 0.1) is 5.41 Å². The van der Waals surface area contributed by atoms with E-state index in [0.29, 0.717) is 37.2 Å². The van der Waals surface area contributed by atoms with Crippen LogP contribution in [-0.2, 0) is 14.4 Å². The summed E-state index contributed by atoms with van der Waals surface area (Å²) < 4.78 is 5.68. The Bertz CT molecular complexity index is 839. The van der Waals surface area contributed by atoms with Crippen molar-refractivity contribution in [3.63, 3.8) is 0 Å². The summed E-state index contributed by atoms with van der Waals surface area (Å²) in [6.45, 7) is 4.74. The minimum Gasteiger partial charge on any atom is -0.492 e. The van der Waals surface area contributed by atoms with Gasteiger partial charge in [-0.15, -0.1) is 0 Å². The van der Waals surface area contributed by atoms with Gasteiger partial charge in [-0.2, -0.15) is 0 Å². The number of carboxylic acids is 1. The first-order valence-corrected chi connectivity index (χ1v) is 10.8.